The highest BCUT2D eigenvalue weighted by molar-refractivity contribution is 9.09. The van der Waals surface area contributed by atoms with Gasteiger partial charge in [0.2, 0.25) is 0 Å². The van der Waals surface area contributed by atoms with Crippen LogP contribution in [-0.4, -0.2) is 5.33 Å². The molecule has 122 valence electrons. The lowest BCUT2D eigenvalue weighted by atomic mass is 9.89. The highest BCUT2D eigenvalue weighted by Crippen LogP contribution is 2.44. The molecule has 0 N–H and O–H groups in total. The fourth-order valence-corrected chi connectivity index (χ4v) is 4.12. The third-order valence-corrected chi connectivity index (χ3v) is 5.20. The Bertz CT molecular complexity index is 1020. The maximum absolute atomic E-state index is 14.8. The van der Waals surface area contributed by atoms with E-state index in [0.717, 1.165) is 29.3 Å². The molecule has 0 radical (unpaired) electrons. The molecule has 0 aliphatic heterocycles. The van der Waals surface area contributed by atoms with Crippen LogP contribution in [0.3, 0.4) is 0 Å². The number of benzene rings is 3. The second-order valence-electron chi connectivity index (χ2n) is 6.21. The Balaban J connectivity index is 1.97. The van der Waals surface area contributed by atoms with E-state index < -0.39 is 0 Å². The first-order valence-electron chi connectivity index (χ1n) is 8.22. The summed E-state index contributed by atoms with van der Waals surface area (Å²) in [7, 11) is 0. The van der Waals surface area contributed by atoms with Gasteiger partial charge in [-0.15, -0.1) is 0 Å². The second-order valence-corrected chi connectivity index (χ2v) is 7.00. The van der Waals surface area contributed by atoms with Crippen molar-refractivity contribution in [2.45, 2.75) is 12.8 Å². The van der Waals surface area contributed by atoms with Crippen molar-refractivity contribution in [1.29, 1.82) is 5.26 Å². The second kappa shape index (κ2) is 6.46. The normalized spacial score (nSPS) is 11.7. The van der Waals surface area contributed by atoms with Crippen LogP contribution in [0.25, 0.3) is 22.3 Å². The Hall–Kier alpha value is -2.44. The number of fused-ring (bicyclic) bond motifs is 3. The van der Waals surface area contributed by atoms with E-state index in [1.165, 1.54) is 28.3 Å². The van der Waals surface area contributed by atoms with Crippen LogP contribution in [0.1, 0.15) is 22.3 Å². The SMILES string of the molecule is N#Cc1ccc(-c2c(CCBr)ccc3c2Cc2ccccc2-3)c(F)c1. The lowest BCUT2D eigenvalue weighted by molar-refractivity contribution is 0.630. The van der Waals surface area contributed by atoms with Crippen molar-refractivity contribution in [3.8, 4) is 28.3 Å². The predicted octanol–water partition coefficient (Wildman–Crippen LogP) is 5.87. The van der Waals surface area contributed by atoms with Gasteiger partial charge in [-0.2, -0.15) is 5.26 Å². The van der Waals surface area contributed by atoms with Crippen molar-refractivity contribution < 1.29 is 4.39 Å². The molecule has 0 amide bonds. The molecule has 1 nitrogen and oxygen atoms in total. The van der Waals surface area contributed by atoms with Gasteiger partial charge in [-0.05, 0) is 58.4 Å². The monoisotopic (exact) mass is 391 g/mol. The van der Waals surface area contributed by atoms with Crippen molar-refractivity contribution in [2.24, 2.45) is 0 Å². The molecular weight excluding hydrogens is 377 g/mol. The average Bonchev–Trinajstić information content (AvgIpc) is 3.01. The molecule has 4 rings (SSSR count). The number of hydrogen-bond donors (Lipinski definition) is 0. The first-order chi connectivity index (χ1) is 12.2. The Morgan fingerprint density at radius 1 is 1.00 bits per heavy atom. The zero-order valence-corrected chi connectivity index (χ0v) is 15.1. The summed E-state index contributed by atoms with van der Waals surface area (Å²) in [6.07, 6.45) is 1.65. The standard InChI is InChI=1S/C22H15BrFN/c23-10-9-15-6-8-18-17-4-2-1-3-16(17)12-20(18)22(15)19-7-5-14(13-25)11-21(19)24/h1-8,11H,9-10,12H2. The van der Waals surface area contributed by atoms with Crippen molar-refractivity contribution in [3.63, 3.8) is 0 Å². The van der Waals surface area contributed by atoms with E-state index in [2.05, 4.69) is 40.2 Å². The van der Waals surface area contributed by atoms with Gasteiger partial charge in [-0.25, -0.2) is 4.39 Å². The van der Waals surface area contributed by atoms with Crippen molar-refractivity contribution in [2.75, 3.05) is 5.33 Å². The number of halogens is 2. The van der Waals surface area contributed by atoms with Crippen LogP contribution in [-0.2, 0) is 12.8 Å². The van der Waals surface area contributed by atoms with Crippen LogP contribution < -0.4 is 0 Å². The molecule has 0 aromatic heterocycles. The Morgan fingerprint density at radius 3 is 2.56 bits per heavy atom. The van der Waals surface area contributed by atoms with Gasteiger partial charge in [0.25, 0.3) is 0 Å². The molecule has 25 heavy (non-hydrogen) atoms. The first-order valence-corrected chi connectivity index (χ1v) is 9.34. The van der Waals surface area contributed by atoms with E-state index in [1.54, 1.807) is 12.1 Å². The molecule has 3 heteroatoms. The molecule has 0 atom stereocenters. The zero-order valence-electron chi connectivity index (χ0n) is 13.5. The predicted molar refractivity (Wildman–Crippen MR) is 102 cm³/mol. The molecule has 1 aliphatic rings. The summed E-state index contributed by atoms with van der Waals surface area (Å²) in [5.41, 5.74) is 7.93. The fraction of sp³-hybridized carbons (Fsp3) is 0.136. The van der Waals surface area contributed by atoms with Crippen LogP contribution in [0, 0.1) is 17.1 Å². The Labute approximate surface area is 154 Å². The maximum Gasteiger partial charge on any atom is 0.132 e. The molecule has 3 aromatic rings. The van der Waals surface area contributed by atoms with Gasteiger partial charge >= 0.3 is 0 Å². The summed E-state index contributed by atoms with van der Waals surface area (Å²) < 4.78 is 14.8. The van der Waals surface area contributed by atoms with Gasteiger partial charge in [-0.1, -0.05) is 58.4 Å². The zero-order chi connectivity index (χ0) is 17.4. The number of aryl methyl sites for hydroxylation is 1. The molecular formula is C22H15BrFN. The van der Waals surface area contributed by atoms with Crippen LogP contribution >= 0.6 is 15.9 Å². The summed E-state index contributed by atoms with van der Waals surface area (Å²) in [6.45, 7) is 0. The molecule has 0 bridgehead atoms. The van der Waals surface area contributed by atoms with E-state index in [1.807, 2.05) is 18.2 Å². The molecule has 0 fully saturated rings. The van der Waals surface area contributed by atoms with Crippen molar-refractivity contribution in [1.82, 2.24) is 0 Å². The van der Waals surface area contributed by atoms with E-state index in [4.69, 9.17) is 5.26 Å². The quantitative estimate of drug-likeness (QED) is 0.400. The third kappa shape index (κ3) is 2.67. The maximum atomic E-state index is 14.8. The van der Waals surface area contributed by atoms with Crippen LogP contribution in [0.5, 0.6) is 0 Å². The summed E-state index contributed by atoms with van der Waals surface area (Å²) >= 11 is 3.51. The summed E-state index contributed by atoms with van der Waals surface area (Å²) in [6, 6.07) is 19.4. The van der Waals surface area contributed by atoms with Gasteiger partial charge < -0.3 is 0 Å². The van der Waals surface area contributed by atoms with Crippen LogP contribution in [0.15, 0.2) is 54.6 Å². The summed E-state index contributed by atoms with van der Waals surface area (Å²) in [5, 5.41) is 9.84. The number of alkyl halides is 1. The average molecular weight is 392 g/mol. The molecule has 0 unspecified atom stereocenters. The van der Waals surface area contributed by atoms with Gasteiger partial charge in [0.05, 0.1) is 11.6 Å². The number of nitrogens with zero attached hydrogens (tertiary/aromatic N) is 1. The summed E-state index contributed by atoms with van der Waals surface area (Å²) in [5.74, 6) is -0.334. The molecule has 0 heterocycles. The molecule has 1 aliphatic carbocycles. The topological polar surface area (TPSA) is 23.8 Å². The number of hydrogen-bond acceptors (Lipinski definition) is 1. The highest BCUT2D eigenvalue weighted by Gasteiger charge is 2.24. The fourth-order valence-electron chi connectivity index (χ4n) is 3.69. The van der Waals surface area contributed by atoms with E-state index in [9.17, 15) is 4.39 Å². The van der Waals surface area contributed by atoms with Crippen LogP contribution in [0.2, 0.25) is 0 Å². The first kappa shape index (κ1) is 16.1. The van der Waals surface area contributed by atoms with E-state index in [-0.39, 0.29) is 5.82 Å². The minimum Gasteiger partial charge on any atom is -0.206 e. The lowest BCUT2D eigenvalue weighted by Crippen LogP contribution is -1.99. The Kier molecular flexibility index (Phi) is 4.15. The van der Waals surface area contributed by atoms with E-state index >= 15 is 0 Å². The molecule has 0 saturated carbocycles. The Morgan fingerprint density at radius 2 is 1.80 bits per heavy atom. The largest absolute Gasteiger partial charge is 0.206 e. The van der Waals surface area contributed by atoms with Gasteiger partial charge in [0.15, 0.2) is 0 Å². The number of rotatable bonds is 3. The van der Waals surface area contributed by atoms with Gasteiger partial charge in [0, 0.05) is 10.9 Å². The third-order valence-electron chi connectivity index (χ3n) is 4.81. The van der Waals surface area contributed by atoms with Crippen molar-refractivity contribution in [3.05, 3.63) is 82.7 Å². The summed E-state index contributed by atoms with van der Waals surface area (Å²) in [4.78, 5) is 0. The minimum absolute atomic E-state index is 0.334. The van der Waals surface area contributed by atoms with Gasteiger partial charge in [-0.3, -0.25) is 0 Å². The lowest BCUT2D eigenvalue weighted by Gasteiger charge is -2.16. The van der Waals surface area contributed by atoms with E-state index in [0.29, 0.717) is 11.1 Å². The molecule has 3 aromatic carbocycles. The van der Waals surface area contributed by atoms with Crippen molar-refractivity contribution >= 4 is 15.9 Å². The minimum atomic E-state index is -0.334. The molecule has 0 spiro atoms. The molecule has 0 saturated heterocycles. The van der Waals surface area contributed by atoms with Crippen LogP contribution in [0.4, 0.5) is 4.39 Å². The number of nitriles is 1. The van der Waals surface area contributed by atoms with Gasteiger partial charge in [0.1, 0.15) is 5.82 Å². The smallest absolute Gasteiger partial charge is 0.132 e. The highest BCUT2D eigenvalue weighted by atomic mass is 79.9.